The molecule has 0 unspecified atom stereocenters. The summed E-state index contributed by atoms with van der Waals surface area (Å²) in [4.78, 5) is 13.1. The Morgan fingerprint density at radius 2 is 2.47 bits per heavy atom. The van der Waals surface area contributed by atoms with Crippen molar-refractivity contribution in [1.82, 2.24) is 4.90 Å². The summed E-state index contributed by atoms with van der Waals surface area (Å²) in [6, 6.07) is 1.58. The highest BCUT2D eigenvalue weighted by Crippen LogP contribution is 2.15. The second-order valence-corrected chi connectivity index (χ2v) is 4.08. The van der Waals surface area contributed by atoms with Crippen molar-refractivity contribution in [3.8, 4) is 0 Å². The lowest BCUT2D eigenvalue weighted by Crippen LogP contribution is -2.38. The Balaban J connectivity index is 1.94. The highest BCUT2D eigenvalue weighted by Gasteiger charge is 2.17. The average Bonchev–Trinajstić information content (AvgIpc) is 2.70. The van der Waals surface area contributed by atoms with Gasteiger partial charge in [0.05, 0.1) is 12.2 Å². The summed E-state index contributed by atoms with van der Waals surface area (Å²) in [5, 5.41) is 6.44. The Morgan fingerprint density at radius 1 is 1.60 bits per heavy atom. The molecule has 3 nitrogen and oxygen atoms in total. The van der Waals surface area contributed by atoms with Crippen LogP contribution in [0, 0.1) is 0 Å². The number of urea groups is 1. The molecule has 80 valence electrons. The zero-order chi connectivity index (χ0) is 10.7. The maximum absolute atomic E-state index is 12.9. The average molecular weight is 226 g/mol. The fourth-order valence-corrected chi connectivity index (χ4v) is 2.00. The summed E-state index contributed by atoms with van der Waals surface area (Å²) < 4.78 is 12.9. The zero-order valence-electron chi connectivity index (χ0n) is 8.07. The van der Waals surface area contributed by atoms with Crippen LogP contribution in [0.4, 0.5) is 14.9 Å². The molecule has 0 spiro atoms. The third kappa shape index (κ3) is 2.56. The minimum Gasteiger partial charge on any atom is -0.318 e. The molecule has 0 saturated carbocycles. The molecule has 1 aliphatic rings. The molecule has 0 bridgehead atoms. The van der Waals surface area contributed by atoms with E-state index in [1.165, 1.54) is 22.3 Å². The van der Waals surface area contributed by atoms with E-state index in [2.05, 4.69) is 5.32 Å². The maximum atomic E-state index is 12.9. The second kappa shape index (κ2) is 4.44. The van der Waals surface area contributed by atoms with Gasteiger partial charge in [0.15, 0.2) is 0 Å². The predicted octanol–water partition coefficient (Wildman–Crippen LogP) is 2.84. The van der Waals surface area contributed by atoms with Gasteiger partial charge in [-0.25, -0.2) is 9.18 Å². The lowest BCUT2D eigenvalue weighted by Gasteiger charge is -2.24. The number of halogens is 1. The van der Waals surface area contributed by atoms with Crippen molar-refractivity contribution in [3.63, 3.8) is 0 Å². The van der Waals surface area contributed by atoms with Crippen LogP contribution < -0.4 is 5.32 Å². The highest BCUT2D eigenvalue weighted by molar-refractivity contribution is 7.08. The van der Waals surface area contributed by atoms with E-state index in [-0.39, 0.29) is 18.4 Å². The fourth-order valence-electron chi connectivity index (χ4n) is 1.41. The summed E-state index contributed by atoms with van der Waals surface area (Å²) in [5.74, 6) is -0.235. The Bertz CT molecular complexity index is 375. The number of carbonyl (C=O) groups is 1. The molecule has 1 aromatic rings. The molecule has 0 aliphatic carbocycles. The molecule has 0 fully saturated rings. The molecular formula is C10H11FN2OS. The van der Waals surface area contributed by atoms with Crippen LogP contribution in [-0.4, -0.2) is 24.0 Å². The predicted molar refractivity (Wildman–Crippen MR) is 58.7 cm³/mol. The van der Waals surface area contributed by atoms with Crippen molar-refractivity contribution in [3.05, 3.63) is 28.7 Å². The topological polar surface area (TPSA) is 32.3 Å². The van der Waals surface area contributed by atoms with Gasteiger partial charge in [0, 0.05) is 11.9 Å². The van der Waals surface area contributed by atoms with E-state index in [0.29, 0.717) is 13.0 Å². The normalized spacial score (nSPS) is 16.1. The first-order valence-electron chi connectivity index (χ1n) is 4.68. The highest BCUT2D eigenvalue weighted by atomic mass is 32.1. The minimum atomic E-state index is -0.239. The van der Waals surface area contributed by atoms with Crippen molar-refractivity contribution in [2.24, 2.45) is 0 Å². The number of nitrogens with zero attached hydrogens (tertiary/aromatic N) is 1. The van der Waals surface area contributed by atoms with Crippen molar-refractivity contribution < 1.29 is 9.18 Å². The smallest absolute Gasteiger partial charge is 0.318 e. The largest absolute Gasteiger partial charge is 0.322 e. The van der Waals surface area contributed by atoms with Gasteiger partial charge in [0.1, 0.15) is 5.83 Å². The summed E-state index contributed by atoms with van der Waals surface area (Å²) in [6.07, 6.45) is 2.11. The molecule has 0 atom stereocenters. The fraction of sp³-hybridized carbons (Fsp3) is 0.300. The van der Waals surface area contributed by atoms with Crippen LogP contribution in [0.1, 0.15) is 6.42 Å². The monoisotopic (exact) mass is 226 g/mol. The molecule has 1 aromatic heterocycles. The quantitative estimate of drug-likeness (QED) is 0.784. The number of amides is 2. The van der Waals surface area contributed by atoms with E-state index in [0.717, 1.165) is 5.69 Å². The molecule has 2 heterocycles. The molecule has 1 N–H and O–H groups in total. The van der Waals surface area contributed by atoms with E-state index >= 15 is 0 Å². The van der Waals surface area contributed by atoms with E-state index in [9.17, 15) is 9.18 Å². The van der Waals surface area contributed by atoms with Gasteiger partial charge in [0.25, 0.3) is 0 Å². The summed E-state index contributed by atoms with van der Waals surface area (Å²) >= 11 is 1.51. The number of thiophene rings is 1. The van der Waals surface area contributed by atoms with Crippen LogP contribution in [-0.2, 0) is 0 Å². The molecule has 1 aliphatic heterocycles. The molecule has 0 aromatic carbocycles. The molecule has 0 radical (unpaired) electrons. The lowest BCUT2D eigenvalue weighted by molar-refractivity contribution is 0.210. The first kappa shape index (κ1) is 10.2. The SMILES string of the molecule is O=C(Nc1ccsc1)N1CCC=C(F)C1. The van der Waals surface area contributed by atoms with Gasteiger partial charge >= 0.3 is 6.03 Å². The van der Waals surface area contributed by atoms with Crippen LogP contribution in [0.25, 0.3) is 0 Å². The Labute approximate surface area is 91.2 Å². The summed E-state index contributed by atoms with van der Waals surface area (Å²) in [7, 11) is 0. The van der Waals surface area contributed by atoms with Crippen LogP contribution in [0.5, 0.6) is 0 Å². The standard InChI is InChI=1S/C10H11FN2OS/c11-8-2-1-4-13(6-8)10(14)12-9-3-5-15-7-9/h2-3,5,7H,1,4,6H2,(H,12,14). The molecule has 2 amide bonds. The molecule has 2 rings (SSSR count). The van der Waals surface area contributed by atoms with Crippen LogP contribution in [0.2, 0.25) is 0 Å². The number of anilines is 1. The van der Waals surface area contributed by atoms with Crippen molar-refractivity contribution in [2.45, 2.75) is 6.42 Å². The van der Waals surface area contributed by atoms with E-state index in [4.69, 9.17) is 0 Å². The van der Waals surface area contributed by atoms with Gasteiger partial charge in [-0.1, -0.05) is 0 Å². The third-order valence-electron chi connectivity index (χ3n) is 2.17. The van der Waals surface area contributed by atoms with Gasteiger partial charge in [-0.15, -0.1) is 0 Å². The van der Waals surface area contributed by atoms with Crippen LogP contribution in [0.3, 0.4) is 0 Å². The van der Waals surface area contributed by atoms with Gasteiger partial charge in [0.2, 0.25) is 0 Å². The maximum Gasteiger partial charge on any atom is 0.322 e. The Kier molecular flexibility index (Phi) is 3.01. The number of rotatable bonds is 1. The van der Waals surface area contributed by atoms with Gasteiger partial charge < -0.3 is 10.2 Å². The van der Waals surface area contributed by atoms with E-state index in [1.54, 1.807) is 0 Å². The number of nitrogens with one attached hydrogen (secondary N) is 1. The first-order chi connectivity index (χ1) is 7.25. The van der Waals surface area contributed by atoms with E-state index < -0.39 is 0 Å². The van der Waals surface area contributed by atoms with Crippen LogP contribution in [0.15, 0.2) is 28.7 Å². The zero-order valence-corrected chi connectivity index (χ0v) is 8.89. The Morgan fingerprint density at radius 3 is 3.13 bits per heavy atom. The molecular weight excluding hydrogens is 215 g/mol. The Hall–Kier alpha value is -1.36. The van der Waals surface area contributed by atoms with E-state index in [1.807, 2.05) is 16.8 Å². The molecule has 0 saturated heterocycles. The summed E-state index contributed by atoms with van der Waals surface area (Å²) in [6.45, 7) is 0.652. The minimum absolute atomic E-state index is 0.0793. The number of hydrogen-bond acceptors (Lipinski definition) is 2. The summed E-state index contributed by atoms with van der Waals surface area (Å²) in [5.41, 5.74) is 0.764. The first-order valence-corrected chi connectivity index (χ1v) is 5.62. The molecule has 15 heavy (non-hydrogen) atoms. The van der Waals surface area contributed by atoms with Gasteiger partial charge in [-0.05, 0) is 23.9 Å². The van der Waals surface area contributed by atoms with Crippen molar-refractivity contribution in [1.29, 1.82) is 0 Å². The van der Waals surface area contributed by atoms with Crippen LogP contribution >= 0.6 is 11.3 Å². The third-order valence-corrected chi connectivity index (χ3v) is 2.85. The van der Waals surface area contributed by atoms with Crippen molar-refractivity contribution >= 4 is 23.1 Å². The number of hydrogen-bond donors (Lipinski definition) is 1. The molecule has 5 heteroatoms. The van der Waals surface area contributed by atoms with Crippen molar-refractivity contribution in [2.75, 3.05) is 18.4 Å². The van der Waals surface area contributed by atoms with Gasteiger partial charge in [-0.3, -0.25) is 0 Å². The number of carbonyl (C=O) groups excluding carboxylic acids is 1. The lowest BCUT2D eigenvalue weighted by atomic mass is 10.2. The van der Waals surface area contributed by atoms with Gasteiger partial charge in [-0.2, -0.15) is 11.3 Å². The second-order valence-electron chi connectivity index (χ2n) is 3.30.